The van der Waals surface area contributed by atoms with E-state index in [4.69, 9.17) is 0 Å². The number of carbonyl (C=O) groups is 1. The maximum atomic E-state index is 11.8. The summed E-state index contributed by atoms with van der Waals surface area (Å²) >= 11 is 3.37. The van der Waals surface area contributed by atoms with E-state index < -0.39 is 11.5 Å². The number of carboxylic acid groups (broad SMARTS) is 1. The van der Waals surface area contributed by atoms with Crippen LogP contribution in [0.4, 0.5) is 5.69 Å². The van der Waals surface area contributed by atoms with E-state index >= 15 is 0 Å². The summed E-state index contributed by atoms with van der Waals surface area (Å²) in [5.74, 6) is -0.909. The second-order valence-electron chi connectivity index (χ2n) is 5.36. The number of halogens is 1. The molecule has 0 aliphatic rings. The van der Waals surface area contributed by atoms with Crippen LogP contribution in [0.15, 0.2) is 46.9 Å². The molecule has 110 valence electrons. The van der Waals surface area contributed by atoms with E-state index in [9.17, 15) is 9.90 Å². The van der Waals surface area contributed by atoms with E-state index in [0.29, 0.717) is 0 Å². The average molecular weight is 348 g/mol. The van der Waals surface area contributed by atoms with Gasteiger partial charge in [0.1, 0.15) is 0 Å². The van der Waals surface area contributed by atoms with Gasteiger partial charge in [-0.3, -0.25) is 0 Å². The first kappa shape index (κ1) is 15.6. The van der Waals surface area contributed by atoms with Crippen LogP contribution in [0.25, 0.3) is 0 Å². The van der Waals surface area contributed by atoms with E-state index in [1.54, 1.807) is 6.92 Å². The average Bonchev–Trinajstić information content (AvgIpc) is 2.44. The highest BCUT2D eigenvalue weighted by Gasteiger charge is 2.35. The second-order valence-corrected chi connectivity index (χ2v) is 6.28. The van der Waals surface area contributed by atoms with Crippen LogP contribution in [-0.4, -0.2) is 11.1 Å². The Labute approximate surface area is 133 Å². The molecule has 0 spiro atoms. The molecule has 2 N–H and O–H groups in total. The number of aliphatic carboxylic acids is 1. The summed E-state index contributed by atoms with van der Waals surface area (Å²) < 4.78 is 0.955. The van der Waals surface area contributed by atoms with Gasteiger partial charge in [-0.05, 0) is 61.7 Å². The van der Waals surface area contributed by atoms with Gasteiger partial charge in [0, 0.05) is 10.2 Å². The molecule has 0 aliphatic carbocycles. The number of nitrogens with one attached hydrogen (secondary N) is 1. The van der Waals surface area contributed by atoms with E-state index in [2.05, 4.69) is 21.2 Å². The van der Waals surface area contributed by atoms with Crippen LogP contribution in [0.3, 0.4) is 0 Å². The molecule has 0 fully saturated rings. The number of hydrogen-bond acceptors (Lipinski definition) is 2. The third kappa shape index (κ3) is 3.27. The Kier molecular flexibility index (Phi) is 4.37. The molecule has 0 amide bonds. The van der Waals surface area contributed by atoms with Crippen LogP contribution in [0.1, 0.15) is 23.6 Å². The van der Waals surface area contributed by atoms with Crippen molar-refractivity contribution in [3.63, 3.8) is 0 Å². The summed E-state index contributed by atoms with van der Waals surface area (Å²) in [6, 6.07) is 13.2. The van der Waals surface area contributed by atoms with Crippen LogP contribution in [-0.2, 0) is 10.3 Å². The molecule has 1 atom stereocenters. The molecule has 4 heteroatoms. The highest BCUT2D eigenvalue weighted by molar-refractivity contribution is 9.10. The van der Waals surface area contributed by atoms with Gasteiger partial charge in [-0.25, -0.2) is 4.79 Å². The summed E-state index contributed by atoms with van der Waals surface area (Å²) in [4.78, 5) is 11.8. The Morgan fingerprint density at radius 2 is 1.71 bits per heavy atom. The molecule has 0 aromatic heterocycles. The van der Waals surface area contributed by atoms with Crippen molar-refractivity contribution in [3.05, 3.63) is 63.6 Å². The largest absolute Gasteiger partial charge is 0.479 e. The third-order valence-electron chi connectivity index (χ3n) is 3.75. The molecular formula is C17H18BrNO2. The van der Waals surface area contributed by atoms with E-state index in [1.807, 2.05) is 56.3 Å². The lowest BCUT2D eigenvalue weighted by Gasteiger charge is -2.28. The van der Waals surface area contributed by atoms with Crippen LogP contribution >= 0.6 is 15.9 Å². The maximum absolute atomic E-state index is 11.8. The first-order chi connectivity index (χ1) is 9.83. The molecule has 0 saturated heterocycles. The van der Waals surface area contributed by atoms with Gasteiger partial charge in [0.15, 0.2) is 5.54 Å². The second kappa shape index (κ2) is 5.90. The van der Waals surface area contributed by atoms with Gasteiger partial charge in [-0.2, -0.15) is 0 Å². The standard InChI is InChI=1S/C17H18BrNO2/c1-11-4-5-13(10-12(11)2)17(3,16(20)21)19-15-8-6-14(18)7-9-15/h4-10,19H,1-3H3,(H,20,21). The Hall–Kier alpha value is -1.81. The SMILES string of the molecule is Cc1ccc(C(C)(Nc2ccc(Br)cc2)C(=O)O)cc1C. The summed E-state index contributed by atoms with van der Waals surface area (Å²) in [5, 5.41) is 12.8. The first-order valence-electron chi connectivity index (χ1n) is 6.68. The Bertz CT molecular complexity index is 667. The predicted octanol–water partition coefficient (Wildman–Crippen LogP) is 4.48. The minimum Gasteiger partial charge on any atom is -0.479 e. The molecule has 0 saturated carbocycles. The summed E-state index contributed by atoms with van der Waals surface area (Å²) in [5.41, 5.74) is 2.56. The minimum absolute atomic E-state index is 0.737. The monoisotopic (exact) mass is 347 g/mol. The zero-order chi connectivity index (χ0) is 15.6. The van der Waals surface area contributed by atoms with Crippen molar-refractivity contribution >= 4 is 27.6 Å². The molecule has 2 aromatic rings. The molecule has 3 nitrogen and oxygen atoms in total. The van der Waals surface area contributed by atoms with Gasteiger partial charge in [0.25, 0.3) is 0 Å². The fraction of sp³-hybridized carbons (Fsp3) is 0.235. The fourth-order valence-electron chi connectivity index (χ4n) is 2.12. The van der Waals surface area contributed by atoms with Gasteiger partial charge >= 0.3 is 5.97 Å². The molecule has 2 rings (SSSR count). The van der Waals surface area contributed by atoms with Crippen molar-refractivity contribution in [2.75, 3.05) is 5.32 Å². The van der Waals surface area contributed by atoms with Crippen molar-refractivity contribution in [2.45, 2.75) is 26.3 Å². The van der Waals surface area contributed by atoms with Crippen molar-refractivity contribution in [3.8, 4) is 0 Å². The van der Waals surface area contributed by atoms with Gasteiger partial charge in [-0.15, -0.1) is 0 Å². The van der Waals surface area contributed by atoms with Crippen LogP contribution < -0.4 is 5.32 Å². The Balaban J connectivity index is 2.42. The molecule has 0 aliphatic heterocycles. The number of rotatable bonds is 4. The lowest BCUT2D eigenvalue weighted by Crippen LogP contribution is -2.40. The van der Waals surface area contributed by atoms with Crippen LogP contribution in [0, 0.1) is 13.8 Å². The quantitative estimate of drug-likeness (QED) is 0.857. The van der Waals surface area contributed by atoms with Gasteiger partial charge in [-0.1, -0.05) is 34.1 Å². The summed E-state index contributed by atoms with van der Waals surface area (Å²) in [6.45, 7) is 5.68. The zero-order valence-corrected chi connectivity index (χ0v) is 13.9. The zero-order valence-electron chi connectivity index (χ0n) is 12.3. The topological polar surface area (TPSA) is 49.3 Å². The lowest BCUT2D eigenvalue weighted by molar-refractivity contribution is -0.142. The molecule has 0 radical (unpaired) electrons. The van der Waals surface area contributed by atoms with Crippen LogP contribution in [0.2, 0.25) is 0 Å². The minimum atomic E-state index is -1.17. The van der Waals surface area contributed by atoms with Crippen LogP contribution in [0.5, 0.6) is 0 Å². The van der Waals surface area contributed by atoms with E-state index in [-0.39, 0.29) is 0 Å². The Morgan fingerprint density at radius 3 is 2.24 bits per heavy atom. The number of benzene rings is 2. The normalized spacial score (nSPS) is 13.5. The number of carboxylic acids is 1. The van der Waals surface area contributed by atoms with Crippen molar-refractivity contribution in [2.24, 2.45) is 0 Å². The first-order valence-corrected chi connectivity index (χ1v) is 7.47. The van der Waals surface area contributed by atoms with Crippen molar-refractivity contribution in [1.29, 1.82) is 0 Å². The molecule has 1 unspecified atom stereocenters. The van der Waals surface area contributed by atoms with E-state index in [1.165, 1.54) is 0 Å². The van der Waals surface area contributed by atoms with Gasteiger partial charge < -0.3 is 10.4 Å². The fourth-order valence-corrected chi connectivity index (χ4v) is 2.39. The molecule has 2 aromatic carbocycles. The molecule has 0 heterocycles. The molecule has 0 bridgehead atoms. The highest BCUT2D eigenvalue weighted by atomic mass is 79.9. The van der Waals surface area contributed by atoms with Gasteiger partial charge in [0.2, 0.25) is 0 Å². The Morgan fingerprint density at radius 1 is 1.10 bits per heavy atom. The summed E-state index contributed by atoms with van der Waals surface area (Å²) in [6.07, 6.45) is 0. The maximum Gasteiger partial charge on any atom is 0.333 e. The molecular weight excluding hydrogens is 330 g/mol. The van der Waals surface area contributed by atoms with E-state index in [0.717, 1.165) is 26.9 Å². The molecule has 21 heavy (non-hydrogen) atoms. The van der Waals surface area contributed by atoms with Crippen molar-refractivity contribution < 1.29 is 9.90 Å². The summed E-state index contributed by atoms with van der Waals surface area (Å²) in [7, 11) is 0. The number of aryl methyl sites for hydroxylation is 2. The smallest absolute Gasteiger partial charge is 0.333 e. The predicted molar refractivity (Wildman–Crippen MR) is 88.7 cm³/mol. The number of hydrogen-bond donors (Lipinski definition) is 2. The third-order valence-corrected chi connectivity index (χ3v) is 4.28. The van der Waals surface area contributed by atoms with Gasteiger partial charge in [0.05, 0.1) is 0 Å². The number of anilines is 1. The van der Waals surface area contributed by atoms with Crippen molar-refractivity contribution in [1.82, 2.24) is 0 Å². The highest BCUT2D eigenvalue weighted by Crippen LogP contribution is 2.28. The lowest BCUT2D eigenvalue weighted by atomic mass is 9.89.